The van der Waals surface area contributed by atoms with Gasteiger partial charge in [0.25, 0.3) is 0 Å². The van der Waals surface area contributed by atoms with Crippen LogP contribution in [0.3, 0.4) is 0 Å². The molecular weight excluding hydrogens is 174 g/mol. The maximum atomic E-state index is 11.2. The Morgan fingerprint density at radius 1 is 1.46 bits per heavy atom. The summed E-state index contributed by atoms with van der Waals surface area (Å²) >= 11 is 0. The van der Waals surface area contributed by atoms with Crippen LogP contribution in [0.1, 0.15) is 19.8 Å². The number of aliphatic hydroxyl groups excluding tert-OH is 1. The molecule has 0 aromatic rings. The van der Waals surface area contributed by atoms with Crippen LogP contribution >= 0.6 is 0 Å². The number of hydrogen-bond acceptors (Lipinski definition) is 3. The standard InChI is InChI=1S/C8H15NO4/c1-8(7(12)13,4-3-5-10)6(11)9-2/h10H,3-5H2,1-2H3,(H,9,11)(H,12,13). The van der Waals surface area contributed by atoms with Crippen molar-refractivity contribution >= 4 is 11.9 Å². The third-order valence-corrected chi connectivity index (χ3v) is 2.04. The molecule has 0 aliphatic heterocycles. The molecule has 0 bridgehead atoms. The second-order valence-corrected chi connectivity index (χ2v) is 3.04. The van der Waals surface area contributed by atoms with Crippen molar-refractivity contribution in [3.05, 3.63) is 0 Å². The predicted molar refractivity (Wildman–Crippen MR) is 46.1 cm³/mol. The first-order chi connectivity index (χ1) is 5.99. The smallest absolute Gasteiger partial charge is 0.318 e. The molecule has 0 radical (unpaired) electrons. The summed E-state index contributed by atoms with van der Waals surface area (Å²) < 4.78 is 0. The summed E-state index contributed by atoms with van der Waals surface area (Å²) in [5, 5.41) is 19.7. The van der Waals surface area contributed by atoms with Crippen LogP contribution in [0.5, 0.6) is 0 Å². The summed E-state index contributed by atoms with van der Waals surface area (Å²) in [6.07, 6.45) is 0.439. The summed E-state index contributed by atoms with van der Waals surface area (Å²) in [5.74, 6) is -1.70. The predicted octanol–water partition coefficient (Wildman–Crippen LogP) is -0.404. The Hall–Kier alpha value is -1.10. The minimum Gasteiger partial charge on any atom is -0.480 e. The van der Waals surface area contributed by atoms with Crippen molar-refractivity contribution in [2.24, 2.45) is 5.41 Å². The zero-order valence-electron chi connectivity index (χ0n) is 7.83. The van der Waals surface area contributed by atoms with Crippen molar-refractivity contribution in [1.29, 1.82) is 0 Å². The highest BCUT2D eigenvalue weighted by atomic mass is 16.4. The van der Waals surface area contributed by atoms with Gasteiger partial charge in [-0.15, -0.1) is 0 Å². The third-order valence-electron chi connectivity index (χ3n) is 2.04. The molecule has 0 fully saturated rings. The highest BCUT2D eigenvalue weighted by Gasteiger charge is 2.39. The number of carbonyl (C=O) groups excluding carboxylic acids is 1. The average molecular weight is 189 g/mol. The second-order valence-electron chi connectivity index (χ2n) is 3.04. The number of aliphatic hydroxyl groups is 1. The van der Waals surface area contributed by atoms with Gasteiger partial charge in [0, 0.05) is 13.7 Å². The molecule has 0 saturated heterocycles. The van der Waals surface area contributed by atoms with Gasteiger partial charge >= 0.3 is 5.97 Å². The summed E-state index contributed by atoms with van der Waals surface area (Å²) in [6.45, 7) is 1.24. The van der Waals surface area contributed by atoms with E-state index in [9.17, 15) is 9.59 Å². The lowest BCUT2D eigenvalue weighted by Gasteiger charge is -2.21. The molecule has 0 rings (SSSR count). The zero-order chi connectivity index (χ0) is 10.5. The van der Waals surface area contributed by atoms with Gasteiger partial charge in [-0.2, -0.15) is 0 Å². The molecule has 1 amide bonds. The Balaban J connectivity index is 4.52. The quantitative estimate of drug-likeness (QED) is 0.513. The fraction of sp³-hybridized carbons (Fsp3) is 0.750. The van der Waals surface area contributed by atoms with Gasteiger partial charge in [0.15, 0.2) is 0 Å². The van der Waals surface area contributed by atoms with Gasteiger partial charge in [0.2, 0.25) is 5.91 Å². The molecule has 1 unspecified atom stereocenters. The van der Waals surface area contributed by atoms with E-state index in [1.807, 2.05) is 0 Å². The van der Waals surface area contributed by atoms with E-state index in [-0.39, 0.29) is 13.0 Å². The number of aliphatic carboxylic acids is 1. The number of carboxylic acid groups (broad SMARTS) is 1. The van der Waals surface area contributed by atoms with E-state index in [1.165, 1.54) is 14.0 Å². The third kappa shape index (κ3) is 2.69. The normalized spacial score (nSPS) is 14.7. The monoisotopic (exact) mass is 189 g/mol. The molecule has 13 heavy (non-hydrogen) atoms. The molecule has 0 saturated carbocycles. The molecule has 5 nitrogen and oxygen atoms in total. The summed E-state index contributed by atoms with van der Waals surface area (Å²) in [7, 11) is 1.39. The molecule has 1 atom stereocenters. The van der Waals surface area contributed by atoms with Gasteiger partial charge in [-0.1, -0.05) is 0 Å². The van der Waals surface area contributed by atoms with Crippen LogP contribution in [-0.4, -0.2) is 35.7 Å². The van der Waals surface area contributed by atoms with Gasteiger partial charge in [0.05, 0.1) is 0 Å². The van der Waals surface area contributed by atoms with E-state index in [1.54, 1.807) is 0 Å². The van der Waals surface area contributed by atoms with Crippen molar-refractivity contribution < 1.29 is 19.8 Å². The van der Waals surface area contributed by atoms with Gasteiger partial charge in [-0.3, -0.25) is 9.59 Å². The van der Waals surface area contributed by atoms with E-state index in [4.69, 9.17) is 10.2 Å². The van der Waals surface area contributed by atoms with Crippen LogP contribution in [0.15, 0.2) is 0 Å². The minimum atomic E-state index is -1.43. The lowest BCUT2D eigenvalue weighted by molar-refractivity contribution is -0.155. The van der Waals surface area contributed by atoms with Crippen LogP contribution in [0.25, 0.3) is 0 Å². The summed E-state index contributed by atoms with van der Waals surface area (Å²) in [4.78, 5) is 22.0. The Morgan fingerprint density at radius 2 is 2.00 bits per heavy atom. The maximum absolute atomic E-state index is 11.2. The van der Waals surface area contributed by atoms with Crippen LogP contribution in [0.2, 0.25) is 0 Å². The van der Waals surface area contributed by atoms with Crippen LogP contribution < -0.4 is 5.32 Å². The zero-order valence-corrected chi connectivity index (χ0v) is 7.83. The second kappa shape index (κ2) is 4.81. The van der Waals surface area contributed by atoms with Gasteiger partial charge in [0.1, 0.15) is 5.41 Å². The van der Waals surface area contributed by atoms with Crippen molar-refractivity contribution in [3.8, 4) is 0 Å². The first-order valence-corrected chi connectivity index (χ1v) is 4.05. The van der Waals surface area contributed by atoms with Crippen molar-refractivity contribution in [1.82, 2.24) is 5.32 Å². The SMILES string of the molecule is CNC(=O)C(C)(CCCO)C(=O)O. The fourth-order valence-electron chi connectivity index (χ4n) is 1.03. The first-order valence-electron chi connectivity index (χ1n) is 4.05. The summed E-state index contributed by atoms with van der Waals surface area (Å²) in [5.41, 5.74) is -1.43. The molecule has 0 spiro atoms. The molecule has 5 heteroatoms. The van der Waals surface area contributed by atoms with E-state index in [0.29, 0.717) is 6.42 Å². The summed E-state index contributed by atoms with van der Waals surface area (Å²) in [6, 6.07) is 0. The molecule has 0 heterocycles. The largest absolute Gasteiger partial charge is 0.480 e. The number of amides is 1. The van der Waals surface area contributed by atoms with Gasteiger partial charge in [-0.05, 0) is 19.8 Å². The molecule has 0 aromatic heterocycles. The van der Waals surface area contributed by atoms with E-state index >= 15 is 0 Å². The number of nitrogens with one attached hydrogen (secondary N) is 1. The van der Waals surface area contributed by atoms with E-state index in [2.05, 4.69) is 5.32 Å². The number of carboxylic acids is 1. The van der Waals surface area contributed by atoms with Crippen molar-refractivity contribution in [3.63, 3.8) is 0 Å². The Morgan fingerprint density at radius 3 is 2.31 bits per heavy atom. The van der Waals surface area contributed by atoms with Crippen LogP contribution in [-0.2, 0) is 9.59 Å². The molecule has 3 N–H and O–H groups in total. The lowest BCUT2D eigenvalue weighted by atomic mass is 9.84. The molecule has 0 aliphatic carbocycles. The number of hydrogen-bond donors (Lipinski definition) is 3. The van der Waals surface area contributed by atoms with Crippen LogP contribution in [0, 0.1) is 5.41 Å². The average Bonchev–Trinajstić information content (AvgIpc) is 2.12. The van der Waals surface area contributed by atoms with E-state index < -0.39 is 17.3 Å². The minimum absolute atomic E-state index is 0.111. The Bertz CT molecular complexity index is 204. The van der Waals surface area contributed by atoms with Gasteiger partial charge in [-0.25, -0.2) is 0 Å². The highest BCUT2D eigenvalue weighted by Crippen LogP contribution is 2.23. The lowest BCUT2D eigenvalue weighted by Crippen LogP contribution is -2.43. The first kappa shape index (κ1) is 11.9. The molecule has 0 aromatic carbocycles. The Kier molecular flexibility index (Phi) is 4.40. The Labute approximate surface area is 76.8 Å². The molecular formula is C8H15NO4. The highest BCUT2D eigenvalue weighted by molar-refractivity contribution is 6.01. The topological polar surface area (TPSA) is 86.6 Å². The number of carbonyl (C=O) groups is 2. The fourth-order valence-corrected chi connectivity index (χ4v) is 1.03. The molecule has 76 valence electrons. The van der Waals surface area contributed by atoms with Gasteiger partial charge < -0.3 is 15.5 Å². The van der Waals surface area contributed by atoms with E-state index in [0.717, 1.165) is 0 Å². The van der Waals surface area contributed by atoms with Crippen molar-refractivity contribution in [2.75, 3.05) is 13.7 Å². The van der Waals surface area contributed by atoms with Crippen LogP contribution in [0.4, 0.5) is 0 Å². The van der Waals surface area contributed by atoms with Crippen molar-refractivity contribution in [2.45, 2.75) is 19.8 Å². The molecule has 0 aliphatic rings. The number of rotatable bonds is 5. The maximum Gasteiger partial charge on any atom is 0.318 e.